The Morgan fingerprint density at radius 1 is 1.42 bits per heavy atom. The minimum absolute atomic E-state index is 0.0690. The van der Waals surface area contributed by atoms with Gasteiger partial charge in [0, 0.05) is 5.69 Å². The van der Waals surface area contributed by atoms with E-state index < -0.39 is 25.9 Å². The minimum Gasteiger partial charge on any atom is -0.430 e. The van der Waals surface area contributed by atoms with Crippen LogP contribution in [0.15, 0.2) is 27.8 Å². The van der Waals surface area contributed by atoms with Crippen LogP contribution in [0.4, 0.5) is 5.69 Å². The van der Waals surface area contributed by atoms with Crippen molar-refractivity contribution >= 4 is 37.4 Å². The molecule has 0 aliphatic carbocycles. The van der Waals surface area contributed by atoms with Gasteiger partial charge in [-0.1, -0.05) is 0 Å². The van der Waals surface area contributed by atoms with Gasteiger partial charge in [-0.2, -0.15) is 0 Å². The van der Waals surface area contributed by atoms with E-state index in [1.165, 1.54) is 0 Å². The van der Waals surface area contributed by atoms with E-state index >= 15 is 0 Å². The topological polar surface area (TPSA) is 103 Å². The number of fused-ring (bicyclic) bond motifs is 1. The predicted molar refractivity (Wildman–Crippen MR) is 71.9 cm³/mol. The van der Waals surface area contributed by atoms with Gasteiger partial charge in [0.15, 0.2) is 15.4 Å². The zero-order valence-electron chi connectivity index (χ0n) is 9.90. The van der Waals surface area contributed by atoms with E-state index in [2.05, 4.69) is 4.98 Å². The number of oxazole rings is 1. The van der Waals surface area contributed by atoms with Crippen LogP contribution in [0, 0.1) is 0 Å². The molecule has 2 atom stereocenters. The standard InChI is InChI=1S/C11H12N2O4S2/c12-7-1-2-10-9(5-7)13-11(17-10)18(14)8-3-4-19(15,16)6-8/h1-2,5,8H,3-4,6,12H2. The summed E-state index contributed by atoms with van der Waals surface area (Å²) in [5.74, 6) is 0.0110. The van der Waals surface area contributed by atoms with E-state index in [-0.39, 0.29) is 16.7 Å². The molecular formula is C11H12N2O4S2. The zero-order chi connectivity index (χ0) is 13.6. The number of hydrogen-bond donors (Lipinski definition) is 1. The first kappa shape index (κ1) is 12.6. The molecule has 8 heteroatoms. The molecule has 1 saturated heterocycles. The van der Waals surface area contributed by atoms with E-state index in [9.17, 15) is 12.6 Å². The van der Waals surface area contributed by atoms with E-state index in [1.807, 2.05) is 0 Å². The molecular weight excluding hydrogens is 288 g/mol. The average molecular weight is 300 g/mol. The Labute approximate surface area is 112 Å². The van der Waals surface area contributed by atoms with Crippen molar-refractivity contribution in [3.63, 3.8) is 0 Å². The Morgan fingerprint density at radius 3 is 2.89 bits per heavy atom. The van der Waals surface area contributed by atoms with E-state index in [4.69, 9.17) is 10.2 Å². The second kappa shape index (κ2) is 4.31. The van der Waals surface area contributed by atoms with Crippen LogP contribution in [0.25, 0.3) is 11.1 Å². The van der Waals surface area contributed by atoms with Crippen LogP contribution in [0.3, 0.4) is 0 Å². The summed E-state index contributed by atoms with van der Waals surface area (Å²) in [7, 11) is -4.61. The van der Waals surface area contributed by atoms with Crippen LogP contribution >= 0.6 is 0 Å². The first-order valence-electron chi connectivity index (χ1n) is 5.72. The smallest absolute Gasteiger partial charge is 0.288 e. The normalized spacial score (nSPS) is 23.7. The third-order valence-corrected chi connectivity index (χ3v) is 6.56. The summed E-state index contributed by atoms with van der Waals surface area (Å²) >= 11 is 0. The van der Waals surface area contributed by atoms with Crippen molar-refractivity contribution in [2.24, 2.45) is 0 Å². The molecule has 6 nitrogen and oxygen atoms in total. The molecule has 1 aliphatic rings. The molecule has 19 heavy (non-hydrogen) atoms. The molecule has 1 aliphatic heterocycles. The summed E-state index contributed by atoms with van der Waals surface area (Å²) in [4.78, 5) is 4.12. The molecule has 1 aromatic carbocycles. The Kier molecular flexibility index (Phi) is 2.86. The number of nitrogens with zero attached hydrogens (tertiary/aromatic N) is 1. The van der Waals surface area contributed by atoms with Crippen molar-refractivity contribution in [3.8, 4) is 0 Å². The zero-order valence-corrected chi connectivity index (χ0v) is 11.5. The highest BCUT2D eigenvalue weighted by Crippen LogP contribution is 2.25. The van der Waals surface area contributed by atoms with Crippen molar-refractivity contribution in [1.29, 1.82) is 0 Å². The molecule has 2 N–H and O–H groups in total. The Bertz CT molecular complexity index is 766. The van der Waals surface area contributed by atoms with Crippen molar-refractivity contribution in [2.45, 2.75) is 16.9 Å². The molecule has 0 spiro atoms. The van der Waals surface area contributed by atoms with Crippen LogP contribution < -0.4 is 5.73 Å². The quantitative estimate of drug-likeness (QED) is 0.819. The maximum absolute atomic E-state index is 12.2. The number of nitrogen functional groups attached to an aromatic ring is 1. The molecule has 1 fully saturated rings. The fourth-order valence-corrected chi connectivity index (χ4v) is 5.87. The third kappa shape index (κ3) is 2.37. The van der Waals surface area contributed by atoms with E-state index in [1.54, 1.807) is 18.2 Å². The van der Waals surface area contributed by atoms with Gasteiger partial charge in [0.05, 0.1) is 16.8 Å². The van der Waals surface area contributed by atoms with Crippen molar-refractivity contribution in [1.82, 2.24) is 4.98 Å². The Hall–Kier alpha value is -1.41. The van der Waals surface area contributed by atoms with Crippen molar-refractivity contribution < 1.29 is 17.0 Å². The van der Waals surface area contributed by atoms with Crippen LogP contribution in [0.2, 0.25) is 0 Å². The highest BCUT2D eigenvalue weighted by molar-refractivity contribution is 7.94. The van der Waals surface area contributed by atoms with Crippen molar-refractivity contribution in [3.05, 3.63) is 18.2 Å². The van der Waals surface area contributed by atoms with Crippen LogP contribution in [-0.2, 0) is 20.6 Å². The third-order valence-electron chi connectivity index (χ3n) is 3.06. The number of hydrogen-bond acceptors (Lipinski definition) is 6. The first-order valence-corrected chi connectivity index (χ1v) is 8.75. The molecule has 102 valence electrons. The number of nitrogens with two attached hydrogens (primary N) is 1. The average Bonchev–Trinajstić information content (AvgIpc) is 2.90. The van der Waals surface area contributed by atoms with Gasteiger partial charge >= 0.3 is 0 Å². The lowest BCUT2D eigenvalue weighted by Gasteiger charge is -2.02. The van der Waals surface area contributed by atoms with Crippen LogP contribution in [0.1, 0.15) is 6.42 Å². The summed E-state index contributed by atoms with van der Waals surface area (Å²) in [6.45, 7) is 0. The van der Waals surface area contributed by atoms with Gasteiger partial charge in [-0.25, -0.2) is 17.6 Å². The van der Waals surface area contributed by atoms with Gasteiger partial charge in [0.1, 0.15) is 16.3 Å². The Balaban J connectivity index is 1.94. The molecule has 2 unspecified atom stereocenters. The fourth-order valence-electron chi connectivity index (χ4n) is 2.08. The maximum Gasteiger partial charge on any atom is 0.288 e. The number of aromatic nitrogens is 1. The lowest BCUT2D eigenvalue weighted by atomic mass is 10.3. The minimum atomic E-state index is -3.07. The van der Waals surface area contributed by atoms with E-state index in [0.29, 0.717) is 23.2 Å². The van der Waals surface area contributed by atoms with Gasteiger partial charge in [-0.15, -0.1) is 0 Å². The summed E-state index contributed by atoms with van der Waals surface area (Å²) in [6.07, 6.45) is 0.385. The number of rotatable bonds is 2. The molecule has 0 radical (unpaired) electrons. The number of anilines is 1. The summed E-state index contributed by atoms with van der Waals surface area (Å²) in [6, 6.07) is 4.95. The number of benzene rings is 1. The van der Waals surface area contributed by atoms with Crippen molar-refractivity contribution in [2.75, 3.05) is 17.2 Å². The van der Waals surface area contributed by atoms with Crippen LogP contribution in [-0.4, -0.2) is 34.4 Å². The summed E-state index contributed by atoms with van der Waals surface area (Å²) in [5, 5.41) is -0.363. The highest BCUT2D eigenvalue weighted by atomic mass is 32.2. The molecule has 0 amide bonds. The lowest BCUT2D eigenvalue weighted by Crippen LogP contribution is -2.17. The number of sulfone groups is 1. The maximum atomic E-state index is 12.2. The summed E-state index contributed by atoms with van der Waals surface area (Å²) in [5.41, 5.74) is 7.20. The SMILES string of the molecule is Nc1ccc2oc(S(=O)C3CCS(=O)(=O)C3)nc2c1. The molecule has 3 rings (SSSR count). The molecule has 0 saturated carbocycles. The van der Waals surface area contributed by atoms with Gasteiger partial charge in [0.2, 0.25) is 0 Å². The fraction of sp³-hybridized carbons (Fsp3) is 0.364. The predicted octanol–water partition coefficient (Wildman–Crippen LogP) is 0.705. The largest absolute Gasteiger partial charge is 0.430 e. The molecule has 2 aromatic rings. The second-order valence-electron chi connectivity index (χ2n) is 4.53. The summed E-state index contributed by atoms with van der Waals surface area (Å²) < 4.78 is 40.4. The van der Waals surface area contributed by atoms with Gasteiger partial charge in [-0.3, -0.25) is 0 Å². The van der Waals surface area contributed by atoms with Gasteiger partial charge in [-0.05, 0) is 24.6 Å². The highest BCUT2D eigenvalue weighted by Gasteiger charge is 2.34. The molecule has 0 bridgehead atoms. The second-order valence-corrected chi connectivity index (χ2v) is 8.37. The lowest BCUT2D eigenvalue weighted by molar-refractivity contribution is 0.475. The Morgan fingerprint density at radius 2 is 2.21 bits per heavy atom. The molecule has 2 heterocycles. The van der Waals surface area contributed by atoms with E-state index in [0.717, 1.165) is 0 Å². The molecule has 1 aromatic heterocycles. The van der Waals surface area contributed by atoms with Gasteiger partial charge in [0.25, 0.3) is 5.22 Å². The monoisotopic (exact) mass is 300 g/mol. The first-order chi connectivity index (χ1) is 8.94. The van der Waals surface area contributed by atoms with Crippen LogP contribution in [0.5, 0.6) is 0 Å². The van der Waals surface area contributed by atoms with Gasteiger partial charge < -0.3 is 10.2 Å².